The third kappa shape index (κ3) is 4.28. The molecule has 1 heterocycles. The summed E-state index contributed by atoms with van der Waals surface area (Å²) in [6.45, 7) is 0.394. The van der Waals surface area contributed by atoms with Crippen molar-refractivity contribution in [1.82, 2.24) is 10.4 Å². The number of hydrogen-bond acceptors (Lipinski definition) is 4. The van der Waals surface area contributed by atoms with Crippen LogP contribution in [0.2, 0.25) is 0 Å². The van der Waals surface area contributed by atoms with E-state index in [9.17, 15) is 14.4 Å². The normalized spacial score (nSPS) is 18.4. The second-order valence-corrected chi connectivity index (χ2v) is 4.64. The van der Waals surface area contributed by atoms with Crippen molar-refractivity contribution in [3.63, 3.8) is 0 Å². The van der Waals surface area contributed by atoms with E-state index in [1.807, 2.05) is 30.3 Å². The van der Waals surface area contributed by atoms with Crippen molar-refractivity contribution < 1.29 is 24.2 Å². The number of carbonyl (C=O) groups is 3. The van der Waals surface area contributed by atoms with E-state index in [2.05, 4.69) is 5.43 Å². The van der Waals surface area contributed by atoms with Gasteiger partial charge in [-0.3, -0.25) is 19.8 Å². The Labute approximate surface area is 121 Å². The number of benzene rings is 1. The predicted molar refractivity (Wildman–Crippen MR) is 72.0 cm³/mol. The van der Waals surface area contributed by atoms with Crippen LogP contribution in [0, 0.1) is 0 Å². The zero-order valence-corrected chi connectivity index (χ0v) is 11.3. The maximum absolute atomic E-state index is 12.0. The van der Waals surface area contributed by atoms with Gasteiger partial charge < -0.3 is 9.84 Å². The molecule has 21 heavy (non-hydrogen) atoms. The molecule has 0 spiro atoms. The van der Waals surface area contributed by atoms with E-state index in [-0.39, 0.29) is 25.5 Å². The van der Waals surface area contributed by atoms with Crippen LogP contribution >= 0.6 is 0 Å². The highest BCUT2D eigenvalue weighted by atomic mass is 16.5. The van der Waals surface area contributed by atoms with Crippen molar-refractivity contribution in [3.8, 4) is 0 Å². The Bertz CT molecular complexity index is 531. The van der Waals surface area contributed by atoms with E-state index in [1.165, 1.54) is 0 Å². The first-order chi connectivity index (χ1) is 10.1. The first-order valence-corrected chi connectivity index (χ1v) is 6.54. The van der Waals surface area contributed by atoms with Crippen LogP contribution in [0.3, 0.4) is 0 Å². The zero-order valence-electron chi connectivity index (χ0n) is 11.3. The molecule has 1 aromatic carbocycles. The Morgan fingerprint density at radius 1 is 1.33 bits per heavy atom. The molecule has 0 bridgehead atoms. The number of carbonyl (C=O) groups excluding carboxylic acids is 2. The fourth-order valence-electron chi connectivity index (χ4n) is 2.03. The molecule has 112 valence electrons. The minimum absolute atomic E-state index is 0.148. The minimum atomic E-state index is -1.12. The Hall–Kier alpha value is -2.41. The molecule has 0 saturated carbocycles. The Kier molecular flexibility index (Phi) is 4.89. The smallest absolute Gasteiger partial charge is 0.306 e. The van der Waals surface area contributed by atoms with Gasteiger partial charge in [0.05, 0.1) is 26.0 Å². The number of amides is 2. The van der Waals surface area contributed by atoms with Crippen molar-refractivity contribution in [3.05, 3.63) is 35.9 Å². The average molecular weight is 292 g/mol. The minimum Gasteiger partial charge on any atom is -0.481 e. The number of aliphatic carboxylic acids is 1. The molecule has 7 heteroatoms. The molecular formula is C14H16N2O5. The molecule has 7 nitrogen and oxygen atoms in total. The number of nitrogens with one attached hydrogen (secondary N) is 1. The van der Waals surface area contributed by atoms with E-state index in [0.29, 0.717) is 0 Å². The van der Waals surface area contributed by atoms with Crippen LogP contribution < -0.4 is 5.43 Å². The van der Waals surface area contributed by atoms with Crippen LogP contribution in [0.15, 0.2) is 30.3 Å². The lowest BCUT2D eigenvalue weighted by Gasteiger charge is -2.31. The number of ether oxygens (including phenoxy) is 1. The van der Waals surface area contributed by atoms with Gasteiger partial charge in [0, 0.05) is 0 Å². The number of carboxylic acids is 1. The highest BCUT2D eigenvalue weighted by Gasteiger charge is 2.32. The van der Waals surface area contributed by atoms with Gasteiger partial charge in [-0.1, -0.05) is 30.3 Å². The third-order valence-electron chi connectivity index (χ3n) is 3.00. The molecule has 0 unspecified atom stereocenters. The van der Waals surface area contributed by atoms with Crippen LogP contribution in [0.4, 0.5) is 0 Å². The summed E-state index contributed by atoms with van der Waals surface area (Å²) in [6, 6.07) is 9.13. The van der Waals surface area contributed by atoms with E-state index < -0.39 is 24.4 Å². The average Bonchev–Trinajstić information content (AvgIpc) is 2.44. The van der Waals surface area contributed by atoms with Crippen molar-refractivity contribution in [2.45, 2.75) is 18.9 Å². The number of carboxylic acid groups (broad SMARTS) is 1. The second-order valence-electron chi connectivity index (χ2n) is 4.64. The summed E-state index contributed by atoms with van der Waals surface area (Å²) in [7, 11) is 0. The highest BCUT2D eigenvalue weighted by Crippen LogP contribution is 2.09. The molecule has 2 rings (SSSR count). The summed E-state index contributed by atoms with van der Waals surface area (Å²) in [5.41, 5.74) is 3.32. The van der Waals surface area contributed by atoms with Gasteiger partial charge in [-0.2, -0.15) is 0 Å². The fourth-order valence-corrected chi connectivity index (χ4v) is 2.03. The van der Waals surface area contributed by atoms with Crippen LogP contribution in [-0.4, -0.2) is 47.2 Å². The van der Waals surface area contributed by atoms with Crippen molar-refractivity contribution in [2.75, 3.05) is 13.2 Å². The molecule has 2 N–H and O–H groups in total. The van der Waals surface area contributed by atoms with Crippen LogP contribution in [0.5, 0.6) is 0 Å². The summed E-state index contributed by atoms with van der Waals surface area (Å²) >= 11 is 0. The number of morpholine rings is 1. The predicted octanol–water partition coefficient (Wildman–Crippen LogP) is -0.0376. The molecule has 1 atom stereocenters. The summed E-state index contributed by atoms with van der Waals surface area (Å²) in [5.74, 6) is -1.98. The molecule has 1 aliphatic heterocycles. The number of hydrazine groups is 1. The lowest BCUT2D eigenvalue weighted by molar-refractivity contribution is -0.165. The van der Waals surface area contributed by atoms with E-state index in [4.69, 9.17) is 9.84 Å². The SMILES string of the molecule is O=C(O)C[C@H]1OCCN(NC(=O)Cc2ccccc2)C1=O. The zero-order chi connectivity index (χ0) is 15.2. The summed E-state index contributed by atoms with van der Waals surface area (Å²) in [5, 5.41) is 9.84. The molecule has 1 aliphatic rings. The van der Waals surface area contributed by atoms with Gasteiger partial charge in [-0.05, 0) is 5.56 Å². The maximum Gasteiger partial charge on any atom is 0.306 e. The Balaban J connectivity index is 1.90. The highest BCUT2D eigenvalue weighted by molar-refractivity contribution is 5.88. The lowest BCUT2D eigenvalue weighted by Crippen LogP contribution is -2.56. The topological polar surface area (TPSA) is 95.9 Å². The summed E-state index contributed by atoms with van der Waals surface area (Å²) < 4.78 is 5.11. The van der Waals surface area contributed by atoms with Gasteiger partial charge in [0.25, 0.3) is 5.91 Å². The number of rotatable bonds is 5. The third-order valence-corrected chi connectivity index (χ3v) is 3.00. The molecular weight excluding hydrogens is 276 g/mol. The Morgan fingerprint density at radius 3 is 2.71 bits per heavy atom. The molecule has 1 aromatic rings. The van der Waals surface area contributed by atoms with E-state index in [1.54, 1.807) is 0 Å². The first kappa shape index (κ1) is 15.0. The number of nitrogens with zero attached hydrogens (tertiary/aromatic N) is 1. The molecule has 1 saturated heterocycles. The van der Waals surface area contributed by atoms with Crippen LogP contribution in [0.1, 0.15) is 12.0 Å². The van der Waals surface area contributed by atoms with Gasteiger partial charge >= 0.3 is 5.97 Å². The maximum atomic E-state index is 12.0. The molecule has 0 aliphatic carbocycles. The number of hydrogen-bond donors (Lipinski definition) is 2. The molecule has 1 fully saturated rings. The van der Waals surface area contributed by atoms with Crippen LogP contribution in [0.25, 0.3) is 0 Å². The lowest BCUT2D eigenvalue weighted by atomic mass is 10.1. The fraction of sp³-hybridized carbons (Fsp3) is 0.357. The largest absolute Gasteiger partial charge is 0.481 e. The standard InChI is InChI=1S/C14H16N2O5/c17-12(8-10-4-2-1-3-5-10)15-16-6-7-21-11(14(16)20)9-13(18)19/h1-5,11H,6-9H2,(H,15,17)(H,18,19)/t11-/m1/s1. The van der Waals surface area contributed by atoms with E-state index in [0.717, 1.165) is 10.6 Å². The van der Waals surface area contributed by atoms with Crippen molar-refractivity contribution in [2.24, 2.45) is 0 Å². The molecule has 2 amide bonds. The molecule has 0 aromatic heterocycles. The quantitative estimate of drug-likeness (QED) is 0.794. The van der Waals surface area contributed by atoms with Crippen LogP contribution in [-0.2, 0) is 25.5 Å². The Morgan fingerprint density at radius 2 is 2.05 bits per heavy atom. The van der Waals surface area contributed by atoms with Gasteiger partial charge in [0.1, 0.15) is 6.10 Å². The van der Waals surface area contributed by atoms with Gasteiger partial charge in [-0.25, -0.2) is 5.01 Å². The van der Waals surface area contributed by atoms with Crippen molar-refractivity contribution in [1.29, 1.82) is 0 Å². The summed E-state index contributed by atoms with van der Waals surface area (Å²) in [6.07, 6.45) is -1.31. The van der Waals surface area contributed by atoms with Crippen molar-refractivity contribution >= 4 is 17.8 Å². The second kappa shape index (κ2) is 6.85. The van der Waals surface area contributed by atoms with Gasteiger partial charge in [-0.15, -0.1) is 0 Å². The van der Waals surface area contributed by atoms with Gasteiger partial charge in [0.2, 0.25) is 5.91 Å². The summed E-state index contributed by atoms with van der Waals surface area (Å²) in [4.78, 5) is 34.5. The van der Waals surface area contributed by atoms with E-state index >= 15 is 0 Å². The van der Waals surface area contributed by atoms with Gasteiger partial charge in [0.15, 0.2) is 0 Å². The molecule has 0 radical (unpaired) electrons. The first-order valence-electron chi connectivity index (χ1n) is 6.54. The monoisotopic (exact) mass is 292 g/mol.